The van der Waals surface area contributed by atoms with E-state index in [2.05, 4.69) is 4.90 Å². The molecule has 0 bridgehead atoms. The minimum atomic E-state index is -3.58. The Hall–Kier alpha value is -2.09. The molecule has 6 nitrogen and oxygen atoms in total. The summed E-state index contributed by atoms with van der Waals surface area (Å²) in [5.74, 6) is -1.43. The predicted octanol–water partition coefficient (Wildman–Crippen LogP) is 2.69. The molecule has 0 radical (unpaired) electrons. The van der Waals surface area contributed by atoms with E-state index in [0.29, 0.717) is 36.8 Å². The van der Waals surface area contributed by atoms with Gasteiger partial charge in [-0.2, -0.15) is 4.31 Å². The molecule has 1 aliphatic rings. The van der Waals surface area contributed by atoms with Crippen LogP contribution in [0.1, 0.15) is 15.9 Å². The Labute approximate surface area is 157 Å². The van der Waals surface area contributed by atoms with Gasteiger partial charge in [-0.1, -0.05) is 29.8 Å². The van der Waals surface area contributed by atoms with Crippen LogP contribution in [0.2, 0.25) is 5.02 Å². The van der Waals surface area contributed by atoms with Crippen LogP contribution in [0.25, 0.3) is 0 Å². The molecule has 8 heteroatoms. The molecule has 1 fully saturated rings. The van der Waals surface area contributed by atoms with Crippen LogP contribution in [-0.2, 0) is 15.8 Å². The first-order chi connectivity index (χ1) is 12.4. The average Bonchev–Trinajstić information content (AvgIpc) is 2.62. The van der Waals surface area contributed by atoms with Crippen molar-refractivity contribution in [1.29, 1.82) is 0 Å². The van der Waals surface area contributed by atoms with Crippen LogP contribution in [0.15, 0.2) is 48.5 Å². The smallest absolute Gasteiger partial charge is 0.335 e. The van der Waals surface area contributed by atoms with Crippen molar-refractivity contribution in [2.24, 2.45) is 0 Å². The molecule has 1 heterocycles. The molecule has 2 aromatic carbocycles. The lowest BCUT2D eigenvalue weighted by atomic mass is 10.1. The lowest BCUT2D eigenvalue weighted by molar-refractivity contribution is 0.0696. The van der Waals surface area contributed by atoms with Gasteiger partial charge in [0.25, 0.3) is 0 Å². The standard InChI is InChI=1S/C18H19ClN2O4S/c19-15-5-7-16(8-6-15)20-9-11-21(12-10-20)26(24,25)13-14-3-1-2-4-17(14)18(22)23/h1-8H,9-13H2,(H,22,23). The number of aromatic carboxylic acids is 1. The lowest BCUT2D eigenvalue weighted by Crippen LogP contribution is -2.49. The van der Waals surface area contributed by atoms with Crippen molar-refractivity contribution in [1.82, 2.24) is 4.31 Å². The normalized spacial score (nSPS) is 15.8. The third kappa shape index (κ3) is 4.17. The quantitative estimate of drug-likeness (QED) is 0.843. The van der Waals surface area contributed by atoms with Gasteiger partial charge in [0.05, 0.1) is 11.3 Å². The van der Waals surface area contributed by atoms with Crippen molar-refractivity contribution in [3.63, 3.8) is 0 Å². The van der Waals surface area contributed by atoms with Crippen molar-refractivity contribution < 1.29 is 18.3 Å². The van der Waals surface area contributed by atoms with Crippen LogP contribution in [-0.4, -0.2) is 50.0 Å². The minimum Gasteiger partial charge on any atom is -0.478 e. The summed E-state index contributed by atoms with van der Waals surface area (Å²) in [5, 5.41) is 9.89. The summed E-state index contributed by atoms with van der Waals surface area (Å²) in [7, 11) is -3.58. The second kappa shape index (κ2) is 7.65. The number of hydrogen-bond donors (Lipinski definition) is 1. The molecule has 1 saturated heterocycles. The van der Waals surface area contributed by atoms with Crippen molar-refractivity contribution >= 4 is 33.3 Å². The number of carboxylic acid groups (broad SMARTS) is 1. The van der Waals surface area contributed by atoms with Gasteiger partial charge in [-0.3, -0.25) is 0 Å². The summed E-state index contributed by atoms with van der Waals surface area (Å²) in [6.07, 6.45) is 0. The van der Waals surface area contributed by atoms with Gasteiger partial charge in [0.15, 0.2) is 0 Å². The Morgan fingerprint density at radius 3 is 2.23 bits per heavy atom. The summed E-state index contributed by atoms with van der Waals surface area (Å²) in [4.78, 5) is 13.4. The number of sulfonamides is 1. The van der Waals surface area contributed by atoms with Crippen molar-refractivity contribution in [2.75, 3.05) is 31.1 Å². The molecule has 3 rings (SSSR count). The molecule has 0 amide bonds. The Balaban J connectivity index is 1.68. The second-order valence-corrected chi connectivity index (χ2v) is 8.49. The number of nitrogens with zero attached hydrogens (tertiary/aromatic N) is 2. The molecular weight excluding hydrogens is 376 g/mol. The Morgan fingerprint density at radius 1 is 1.00 bits per heavy atom. The monoisotopic (exact) mass is 394 g/mol. The molecule has 0 saturated carbocycles. The first-order valence-corrected chi connectivity index (χ1v) is 10.1. The lowest BCUT2D eigenvalue weighted by Gasteiger charge is -2.35. The van der Waals surface area contributed by atoms with Crippen molar-refractivity contribution in [3.05, 3.63) is 64.7 Å². The molecular formula is C18H19ClN2O4S. The van der Waals surface area contributed by atoms with Crippen LogP contribution in [0.5, 0.6) is 0 Å². The fraction of sp³-hybridized carbons (Fsp3) is 0.278. The van der Waals surface area contributed by atoms with Crippen LogP contribution in [0, 0.1) is 0 Å². The Kier molecular flexibility index (Phi) is 5.50. The molecule has 0 aliphatic carbocycles. The molecule has 0 spiro atoms. The molecule has 2 aromatic rings. The number of hydrogen-bond acceptors (Lipinski definition) is 4. The fourth-order valence-electron chi connectivity index (χ4n) is 3.02. The molecule has 1 aliphatic heterocycles. The number of piperazine rings is 1. The van der Waals surface area contributed by atoms with E-state index in [1.54, 1.807) is 18.2 Å². The molecule has 1 N–H and O–H groups in total. The largest absolute Gasteiger partial charge is 0.478 e. The minimum absolute atomic E-state index is 0.0240. The summed E-state index contributed by atoms with van der Waals surface area (Å²) in [6, 6.07) is 13.6. The number of anilines is 1. The van der Waals surface area contributed by atoms with E-state index < -0.39 is 16.0 Å². The number of halogens is 1. The van der Waals surface area contributed by atoms with Crippen molar-refractivity contribution in [2.45, 2.75) is 5.75 Å². The first-order valence-electron chi connectivity index (χ1n) is 8.16. The van der Waals surface area contributed by atoms with Crippen LogP contribution in [0.3, 0.4) is 0 Å². The van der Waals surface area contributed by atoms with Gasteiger partial charge in [0.1, 0.15) is 0 Å². The molecule has 26 heavy (non-hydrogen) atoms. The van der Waals surface area contributed by atoms with Gasteiger partial charge in [-0.15, -0.1) is 0 Å². The maximum Gasteiger partial charge on any atom is 0.335 e. The SMILES string of the molecule is O=C(O)c1ccccc1CS(=O)(=O)N1CCN(c2ccc(Cl)cc2)CC1. The van der Waals surface area contributed by atoms with E-state index in [1.807, 2.05) is 24.3 Å². The van der Waals surface area contributed by atoms with Gasteiger partial charge in [0, 0.05) is 36.9 Å². The number of rotatable bonds is 5. The van der Waals surface area contributed by atoms with Gasteiger partial charge < -0.3 is 10.0 Å². The molecule has 138 valence electrons. The van der Waals surface area contributed by atoms with E-state index in [0.717, 1.165) is 5.69 Å². The number of carbonyl (C=O) groups is 1. The summed E-state index contributed by atoms with van der Waals surface area (Å²) < 4.78 is 26.9. The topological polar surface area (TPSA) is 77.9 Å². The van der Waals surface area contributed by atoms with Gasteiger partial charge in [-0.25, -0.2) is 13.2 Å². The summed E-state index contributed by atoms with van der Waals surface area (Å²) in [6.45, 7) is 1.86. The zero-order chi connectivity index (χ0) is 18.7. The van der Waals surface area contributed by atoms with Gasteiger partial charge >= 0.3 is 5.97 Å². The predicted molar refractivity (Wildman–Crippen MR) is 101 cm³/mol. The van der Waals surface area contributed by atoms with Crippen LogP contribution in [0.4, 0.5) is 5.69 Å². The summed E-state index contributed by atoms with van der Waals surface area (Å²) >= 11 is 5.90. The Morgan fingerprint density at radius 2 is 1.62 bits per heavy atom. The highest BCUT2D eigenvalue weighted by Gasteiger charge is 2.28. The highest BCUT2D eigenvalue weighted by atomic mass is 35.5. The number of carboxylic acids is 1. The van der Waals surface area contributed by atoms with E-state index in [9.17, 15) is 18.3 Å². The van der Waals surface area contributed by atoms with E-state index in [-0.39, 0.29) is 11.3 Å². The fourth-order valence-corrected chi connectivity index (χ4v) is 4.69. The molecule has 0 atom stereocenters. The third-order valence-corrected chi connectivity index (χ3v) is 6.49. The van der Waals surface area contributed by atoms with Gasteiger partial charge in [0.2, 0.25) is 10.0 Å². The highest BCUT2D eigenvalue weighted by molar-refractivity contribution is 7.88. The van der Waals surface area contributed by atoms with Gasteiger partial charge in [-0.05, 0) is 35.9 Å². The zero-order valence-corrected chi connectivity index (χ0v) is 15.6. The van der Waals surface area contributed by atoms with E-state index in [1.165, 1.54) is 10.4 Å². The van der Waals surface area contributed by atoms with E-state index >= 15 is 0 Å². The Bertz CT molecular complexity index is 892. The zero-order valence-electron chi connectivity index (χ0n) is 14.0. The second-order valence-electron chi connectivity index (χ2n) is 6.08. The highest BCUT2D eigenvalue weighted by Crippen LogP contribution is 2.22. The van der Waals surface area contributed by atoms with Crippen LogP contribution >= 0.6 is 11.6 Å². The molecule has 0 unspecified atom stereocenters. The van der Waals surface area contributed by atoms with Crippen molar-refractivity contribution in [3.8, 4) is 0 Å². The first kappa shape index (κ1) is 18.7. The summed E-state index contributed by atoms with van der Waals surface area (Å²) in [5.41, 5.74) is 1.33. The molecule has 0 aromatic heterocycles. The average molecular weight is 395 g/mol. The third-order valence-electron chi connectivity index (χ3n) is 4.41. The van der Waals surface area contributed by atoms with Crippen LogP contribution < -0.4 is 4.90 Å². The van der Waals surface area contributed by atoms with E-state index in [4.69, 9.17) is 11.6 Å². The number of benzene rings is 2. The maximum atomic E-state index is 12.7. The maximum absolute atomic E-state index is 12.7.